The van der Waals surface area contributed by atoms with E-state index in [0.717, 1.165) is 5.56 Å². The quantitative estimate of drug-likeness (QED) is 0.740. The van der Waals surface area contributed by atoms with E-state index >= 15 is 0 Å². The lowest BCUT2D eigenvalue weighted by atomic mass is 10.2. The predicted octanol–water partition coefficient (Wildman–Crippen LogP) is 4.56. The SMILES string of the molecule is CC(C)(C)P(Cc1ccccc1)C(=O)C(F)(F)F. The van der Waals surface area contributed by atoms with Gasteiger partial charge in [0, 0.05) is 6.16 Å². The van der Waals surface area contributed by atoms with Crippen molar-refractivity contribution in [3.8, 4) is 0 Å². The topological polar surface area (TPSA) is 17.1 Å². The smallest absolute Gasteiger partial charge is 0.284 e. The second-order valence-electron chi connectivity index (χ2n) is 5.05. The number of rotatable bonds is 3. The van der Waals surface area contributed by atoms with Crippen LogP contribution in [0.5, 0.6) is 0 Å². The minimum Gasteiger partial charge on any atom is -0.284 e. The number of benzene rings is 1. The Bertz CT molecular complexity index is 406. The molecule has 5 heteroatoms. The number of carbonyl (C=O) groups excluding carboxylic acids is 1. The maximum atomic E-state index is 12.6. The van der Waals surface area contributed by atoms with Gasteiger partial charge in [0.2, 0.25) is 0 Å². The summed E-state index contributed by atoms with van der Waals surface area (Å²) in [7, 11) is -1.79. The van der Waals surface area contributed by atoms with Crippen molar-refractivity contribution < 1.29 is 18.0 Å². The van der Waals surface area contributed by atoms with Gasteiger partial charge in [-0.25, -0.2) is 0 Å². The van der Waals surface area contributed by atoms with Crippen molar-refractivity contribution in [3.63, 3.8) is 0 Å². The molecule has 0 saturated heterocycles. The molecule has 1 atom stereocenters. The van der Waals surface area contributed by atoms with Crippen molar-refractivity contribution in [2.24, 2.45) is 0 Å². The first-order valence-electron chi connectivity index (χ1n) is 5.55. The Morgan fingerprint density at radius 1 is 1.11 bits per heavy atom. The van der Waals surface area contributed by atoms with Gasteiger partial charge < -0.3 is 0 Å². The van der Waals surface area contributed by atoms with E-state index in [1.807, 2.05) is 0 Å². The molecular formula is C13H16F3OP. The van der Waals surface area contributed by atoms with Crippen molar-refractivity contribution in [2.45, 2.75) is 38.3 Å². The monoisotopic (exact) mass is 276 g/mol. The molecule has 1 rings (SSSR count). The van der Waals surface area contributed by atoms with E-state index in [9.17, 15) is 18.0 Å². The van der Waals surface area contributed by atoms with Gasteiger partial charge in [-0.3, -0.25) is 4.79 Å². The number of carbonyl (C=O) groups is 1. The Morgan fingerprint density at radius 2 is 1.61 bits per heavy atom. The highest BCUT2D eigenvalue weighted by atomic mass is 31.1. The third kappa shape index (κ3) is 4.09. The van der Waals surface area contributed by atoms with Crippen LogP contribution in [-0.4, -0.2) is 16.9 Å². The van der Waals surface area contributed by atoms with Gasteiger partial charge in [-0.1, -0.05) is 51.1 Å². The molecule has 1 nitrogen and oxygen atoms in total. The van der Waals surface area contributed by atoms with Crippen LogP contribution in [0.2, 0.25) is 0 Å². The van der Waals surface area contributed by atoms with Crippen molar-refractivity contribution in [1.82, 2.24) is 0 Å². The molecule has 0 aliphatic carbocycles. The van der Waals surface area contributed by atoms with Gasteiger partial charge in [-0.2, -0.15) is 13.2 Å². The van der Waals surface area contributed by atoms with Crippen LogP contribution >= 0.6 is 7.92 Å². The average molecular weight is 276 g/mol. The van der Waals surface area contributed by atoms with E-state index in [2.05, 4.69) is 0 Å². The van der Waals surface area contributed by atoms with Crippen molar-refractivity contribution in [1.29, 1.82) is 0 Å². The van der Waals surface area contributed by atoms with E-state index in [4.69, 9.17) is 0 Å². The summed E-state index contributed by atoms with van der Waals surface area (Å²) in [5.74, 6) is 0. The molecule has 0 aromatic heterocycles. The van der Waals surface area contributed by atoms with Crippen LogP contribution < -0.4 is 0 Å². The second-order valence-corrected chi connectivity index (χ2v) is 7.97. The molecule has 0 spiro atoms. The van der Waals surface area contributed by atoms with E-state index in [1.54, 1.807) is 51.1 Å². The molecule has 0 N–H and O–H groups in total. The van der Waals surface area contributed by atoms with E-state index in [0.29, 0.717) is 0 Å². The van der Waals surface area contributed by atoms with Gasteiger partial charge in [-0.15, -0.1) is 0 Å². The number of hydrogen-bond donors (Lipinski definition) is 0. The summed E-state index contributed by atoms with van der Waals surface area (Å²) in [6, 6.07) is 8.84. The lowest BCUT2D eigenvalue weighted by Gasteiger charge is -2.30. The largest absolute Gasteiger partial charge is 0.454 e. The molecule has 18 heavy (non-hydrogen) atoms. The maximum absolute atomic E-state index is 12.6. The first kappa shape index (κ1) is 15.2. The highest BCUT2D eigenvalue weighted by molar-refractivity contribution is 7.75. The molecule has 0 aliphatic rings. The maximum Gasteiger partial charge on any atom is 0.454 e. The lowest BCUT2D eigenvalue weighted by molar-refractivity contribution is -0.161. The molecule has 1 aromatic carbocycles. The summed E-state index contributed by atoms with van der Waals surface area (Å²) < 4.78 is 37.8. The van der Waals surface area contributed by atoms with Crippen LogP contribution in [-0.2, 0) is 11.0 Å². The molecule has 100 valence electrons. The van der Waals surface area contributed by atoms with Crippen molar-refractivity contribution >= 4 is 13.4 Å². The fourth-order valence-corrected chi connectivity index (χ4v) is 3.64. The summed E-state index contributed by atoms with van der Waals surface area (Å²) >= 11 is 0. The van der Waals surface area contributed by atoms with E-state index < -0.39 is 24.8 Å². The van der Waals surface area contributed by atoms with Gasteiger partial charge >= 0.3 is 6.18 Å². The molecular weight excluding hydrogens is 260 g/mol. The molecule has 0 radical (unpaired) electrons. The van der Waals surface area contributed by atoms with Gasteiger partial charge in [0.15, 0.2) is 0 Å². The summed E-state index contributed by atoms with van der Waals surface area (Å²) in [5, 5.41) is -0.655. The fraction of sp³-hybridized carbons (Fsp3) is 0.462. The highest BCUT2D eigenvalue weighted by Gasteiger charge is 2.47. The van der Waals surface area contributed by atoms with Crippen molar-refractivity contribution in [3.05, 3.63) is 35.9 Å². The minimum atomic E-state index is -4.74. The Morgan fingerprint density at radius 3 is 2.00 bits per heavy atom. The summed E-state index contributed by atoms with van der Waals surface area (Å²) in [6.45, 7) is 5.06. The Kier molecular flexibility index (Phi) is 4.55. The number of alkyl halides is 3. The molecule has 0 aliphatic heterocycles. The molecule has 0 amide bonds. The first-order valence-corrected chi connectivity index (χ1v) is 7.08. The predicted molar refractivity (Wildman–Crippen MR) is 67.9 cm³/mol. The highest BCUT2D eigenvalue weighted by Crippen LogP contribution is 2.55. The molecule has 0 bridgehead atoms. The zero-order valence-corrected chi connectivity index (χ0v) is 11.5. The fourth-order valence-electron chi connectivity index (χ4n) is 1.53. The molecule has 0 heterocycles. The summed E-state index contributed by atoms with van der Waals surface area (Å²) in [6.07, 6.45) is -4.56. The molecule has 1 unspecified atom stereocenters. The van der Waals surface area contributed by atoms with Crippen LogP contribution in [0.4, 0.5) is 13.2 Å². The Balaban J connectivity index is 2.98. The summed E-state index contributed by atoms with van der Waals surface area (Å²) in [5.41, 5.74) is -0.801. The number of hydrogen-bond acceptors (Lipinski definition) is 1. The Hall–Kier alpha value is -0.890. The van der Waals surface area contributed by atoms with Gasteiger partial charge in [0.25, 0.3) is 5.52 Å². The summed E-state index contributed by atoms with van der Waals surface area (Å²) in [4.78, 5) is 11.5. The van der Waals surface area contributed by atoms with Gasteiger partial charge in [-0.05, 0) is 18.6 Å². The van der Waals surface area contributed by atoms with Crippen LogP contribution in [0, 0.1) is 0 Å². The lowest BCUT2D eigenvalue weighted by Crippen LogP contribution is -2.28. The normalized spacial score (nSPS) is 14.3. The van der Waals surface area contributed by atoms with Crippen LogP contribution in [0.15, 0.2) is 30.3 Å². The van der Waals surface area contributed by atoms with Crippen molar-refractivity contribution in [2.75, 3.05) is 0 Å². The van der Waals surface area contributed by atoms with E-state index in [1.165, 1.54) is 0 Å². The average Bonchev–Trinajstić information content (AvgIpc) is 2.23. The van der Waals surface area contributed by atoms with Crippen LogP contribution in [0.3, 0.4) is 0 Å². The molecule has 0 fully saturated rings. The van der Waals surface area contributed by atoms with E-state index in [-0.39, 0.29) is 6.16 Å². The third-order valence-electron chi connectivity index (χ3n) is 2.48. The van der Waals surface area contributed by atoms with Crippen LogP contribution in [0.25, 0.3) is 0 Å². The molecule has 1 aromatic rings. The standard InChI is InChI=1S/C13H16F3OP/c1-12(2,3)18(11(17)13(14,15)16)9-10-7-5-4-6-8-10/h4-8H,9H2,1-3H3. The second kappa shape index (κ2) is 5.40. The first-order chi connectivity index (χ1) is 8.12. The minimum absolute atomic E-state index is 0.179. The van der Waals surface area contributed by atoms with Crippen LogP contribution in [0.1, 0.15) is 26.3 Å². The zero-order valence-electron chi connectivity index (χ0n) is 10.6. The number of halogens is 3. The zero-order chi connectivity index (χ0) is 14.0. The van der Waals surface area contributed by atoms with Gasteiger partial charge in [0.05, 0.1) is 0 Å². The molecule has 0 saturated carbocycles. The third-order valence-corrected chi connectivity index (χ3v) is 5.53. The Labute approximate surface area is 106 Å². The van der Waals surface area contributed by atoms with Gasteiger partial charge in [0.1, 0.15) is 0 Å².